The summed E-state index contributed by atoms with van der Waals surface area (Å²) in [5, 5.41) is 0.673. The molecule has 0 fully saturated rings. The molecule has 3 nitrogen and oxygen atoms in total. The van der Waals surface area contributed by atoms with E-state index < -0.39 is 0 Å². The van der Waals surface area contributed by atoms with Gasteiger partial charge in [0.2, 0.25) is 0 Å². The molecular formula is C12H15ClN2O. The number of aromatic nitrogens is 1. The molecule has 0 amide bonds. The second-order valence-corrected chi connectivity index (χ2v) is 4.32. The van der Waals surface area contributed by atoms with Crippen LogP contribution >= 0.6 is 11.6 Å². The third kappa shape index (κ3) is 2.20. The van der Waals surface area contributed by atoms with E-state index in [-0.39, 0.29) is 5.92 Å². The van der Waals surface area contributed by atoms with Gasteiger partial charge in [0.1, 0.15) is 5.52 Å². The number of fused-ring (bicyclic) bond motifs is 1. The number of hydrogen-bond donors (Lipinski definition) is 1. The number of benzene rings is 1. The van der Waals surface area contributed by atoms with Crippen molar-refractivity contribution in [1.82, 2.24) is 4.98 Å². The molecule has 0 aliphatic carbocycles. The van der Waals surface area contributed by atoms with Crippen LogP contribution in [0.5, 0.6) is 0 Å². The Morgan fingerprint density at radius 3 is 3.00 bits per heavy atom. The van der Waals surface area contributed by atoms with Crippen LogP contribution in [0.25, 0.3) is 11.1 Å². The maximum absolute atomic E-state index is 5.90. The lowest BCUT2D eigenvalue weighted by molar-refractivity contribution is 0.453. The summed E-state index contributed by atoms with van der Waals surface area (Å²) in [5.74, 6) is 0.929. The van der Waals surface area contributed by atoms with E-state index in [0.29, 0.717) is 11.6 Å². The fraction of sp³-hybridized carbons (Fsp3) is 0.417. The molecule has 0 saturated heterocycles. The van der Waals surface area contributed by atoms with Gasteiger partial charge in [-0.3, -0.25) is 0 Å². The molecule has 2 N–H and O–H groups in total. The summed E-state index contributed by atoms with van der Waals surface area (Å²) >= 11 is 5.90. The molecule has 4 heteroatoms. The molecule has 86 valence electrons. The second kappa shape index (κ2) is 4.85. The van der Waals surface area contributed by atoms with Crippen LogP contribution in [0.4, 0.5) is 0 Å². The average Bonchev–Trinajstić information content (AvgIpc) is 2.68. The highest BCUT2D eigenvalue weighted by Gasteiger charge is 2.15. The Bertz CT molecular complexity index is 481. The first-order chi connectivity index (χ1) is 7.74. The van der Waals surface area contributed by atoms with Crippen LogP contribution in [0.1, 0.15) is 31.6 Å². The topological polar surface area (TPSA) is 52.0 Å². The summed E-state index contributed by atoms with van der Waals surface area (Å²) in [6.45, 7) is 2.69. The van der Waals surface area contributed by atoms with Gasteiger partial charge in [0.25, 0.3) is 0 Å². The van der Waals surface area contributed by atoms with Gasteiger partial charge < -0.3 is 10.2 Å². The molecule has 0 aliphatic rings. The summed E-state index contributed by atoms with van der Waals surface area (Å²) < 4.78 is 5.68. The van der Waals surface area contributed by atoms with Crippen molar-refractivity contribution in [3.05, 3.63) is 29.1 Å². The molecule has 0 radical (unpaired) electrons. The van der Waals surface area contributed by atoms with Gasteiger partial charge >= 0.3 is 0 Å². The van der Waals surface area contributed by atoms with Gasteiger partial charge in [0, 0.05) is 17.5 Å². The number of nitrogens with two attached hydrogens (primary N) is 1. The molecule has 1 aromatic heterocycles. The van der Waals surface area contributed by atoms with Gasteiger partial charge in [-0.15, -0.1) is 0 Å². The molecule has 0 aliphatic heterocycles. The monoisotopic (exact) mass is 238 g/mol. The standard InChI is InChI=1S/C12H15ClN2O/c1-2-3-8(7-14)12-15-10-6-9(13)4-5-11(10)16-12/h4-6,8H,2-3,7,14H2,1H3. The van der Waals surface area contributed by atoms with E-state index in [2.05, 4.69) is 11.9 Å². The normalized spacial score (nSPS) is 13.2. The van der Waals surface area contributed by atoms with E-state index in [4.69, 9.17) is 21.8 Å². The highest BCUT2D eigenvalue weighted by molar-refractivity contribution is 6.31. The third-order valence-corrected chi connectivity index (χ3v) is 2.87. The minimum absolute atomic E-state index is 0.205. The van der Waals surface area contributed by atoms with Crippen LogP contribution in [-0.2, 0) is 0 Å². The first-order valence-electron chi connectivity index (χ1n) is 5.50. The van der Waals surface area contributed by atoms with Gasteiger partial charge in [-0.25, -0.2) is 4.98 Å². The maximum Gasteiger partial charge on any atom is 0.199 e. The third-order valence-electron chi connectivity index (χ3n) is 2.64. The minimum atomic E-state index is 0.205. The van der Waals surface area contributed by atoms with Crippen molar-refractivity contribution in [2.24, 2.45) is 5.73 Å². The average molecular weight is 239 g/mol. The summed E-state index contributed by atoms with van der Waals surface area (Å²) in [6, 6.07) is 5.45. The highest BCUT2D eigenvalue weighted by Crippen LogP contribution is 2.25. The van der Waals surface area contributed by atoms with Gasteiger partial charge in [0.15, 0.2) is 11.5 Å². The lowest BCUT2D eigenvalue weighted by Gasteiger charge is -2.07. The van der Waals surface area contributed by atoms with Crippen LogP contribution in [0.2, 0.25) is 5.02 Å². The minimum Gasteiger partial charge on any atom is -0.440 e. The quantitative estimate of drug-likeness (QED) is 0.889. The van der Waals surface area contributed by atoms with E-state index in [0.717, 1.165) is 29.8 Å². The van der Waals surface area contributed by atoms with Crippen molar-refractivity contribution >= 4 is 22.7 Å². The Morgan fingerprint density at radius 1 is 1.50 bits per heavy atom. The molecule has 1 aromatic carbocycles. The van der Waals surface area contributed by atoms with Gasteiger partial charge in [0.05, 0.1) is 0 Å². The zero-order valence-electron chi connectivity index (χ0n) is 9.24. The lowest BCUT2D eigenvalue weighted by atomic mass is 10.0. The number of nitrogens with zero attached hydrogens (tertiary/aromatic N) is 1. The van der Waals surface area contributed by atoms with Crippen molar-refractivity contribution in [3.63, 3.8) is 0 Å². The molecule has 2 rings (SSSR count). The van der Waals surface area contributed by atoms with Crippen LogP contribution in [-0.4, -0.2) is 11.5 Å². The summed E-state index contributed by atoms with van der Waals surface area (Å²) in [6.07, 6.45) is 2.07. The smallest absolute Gasteiger partial charge is 0.199 e. The summed E-state index contributed by atoms with van der Waals surface area (Å²) in [5.41, 5.74) is 7.29. The molecule has 1 atom stereocenters. The predicted octanol–water partition coefficient (Wildman–Crippen LogP) is 3.32. The van der Waals surface area contributed by atoms with Crippen molar-refractivity contribution in [2.75, 3.05) is 6.54 Å². The number of halogens is 1. The van der Waals surface area contributed by atoms with E-state index in [9.17, 15) is 0 Å². The number of rotatable bonds is 4. The van der Waals surface area contributed by atoms with Crippen LogP contribution in [0.3, 0.4) is 0 Å². The SMILES string of the molecule is CCCC(CN)c1nc2cc(Cl)ccc2o1. The van der Waals surface area contributed by atoms with E-state index in [1.807, 2.05) is 12.1 Å². The second-order valence-electron chi connectivity index (χ2n) is 3.89. The van der Waals surface area contributed by atoms with Gasteiger partial charge in [-0.05, 0) is 24.6 Å². The summed E-state index contributed by atoms with van der Waals surface area (Å²) in [7, 11) is 0. The number of hydrogen-bond acceptors (Lipinski definition) is 3. The molecule has 0 saturated carbocycles. The Labute approximate surface area is 99.6 Å². The van der Waals surface area contributed by atoms with Crippen molar-refractivity contribution in [3.8, 4) is 0 Å². The number of oxazole rings is 1. The first kappa shape index (κ1) is 11.4. The summed E-state index contributed by atoms with van der Waals surface area (Å²) in [4.78, 5) is 4.43. The van der Waals surface area contributed by atoms with Crippen LogP contribution in [0.15, 0.2) is 22.6 Å². The Balaban J connectivity index is 2.37. The van der Waals surface area contributed by atoms with Crippen molar-refractivity contribution < 1.29 is 4.42 Å². The molecular weight excluding hydrogens is 224 g/mol. The molecule has 16 heavy (non-hydrogen) atoms. The highest BCUT2D eigenvalue weighted by atomic mass is 35.5. The van der Waals surface area contributed by atoms with Crippen LogP contribution < -0.4 is 5.73 Å². The molecule has 1 heterocycles. The van der Waals surface area contributed by atoms with E-state index in [1.54, 1.807) is 6.07 Å². The van der Waals surface area contributed by atoms with Crippen LogP contribution in [0, 0.1) is 0 Å². The van der Waals surface area contributed by atoms with E-state index >= 15 is 0 Å². The largest absolute Gasteiger partial charge is 0.440 e. The van der Waals surface area contributed by atoms with Gasteiger partial charge in [-0.2, -0.15) is 0 Å². The lowest BCUT2D eigenvalue weighted by Crippen LogP contribution is -2.12. The van der Waals surface area contributed by atoms with Crippen molar-refractivity contribution in [1.29, 1.82) is 0 Å². The van der Waals surface area contributed by atoms with Crippen molar-refractivity contribution in [2.45, 2.75) is 25.7 Å². The zero-order valence-corrected chi connectivity index (χ0v) is 10.00. The molecule has 2 aromatic rings. The Morgan fingerprint density at radius 2 is 2.31 bits per heavy atom. The predicted molar refractivity (Wildman–Crippen MR) is 65.7 cm³/mol. The Kier molecular flexibility index (Phi) is 3.46. The maximum atomic E-state index is 5.90. The zero-order chi connectivity index (χ0) is 11.5. The molecule has 0 spiro atoms. The first-order valence-corrected chi connectivity index (χ1v) is 5.88. The van der Waals surface area contributed by atoms with E-state index in [1.165, 1.54) is 0 Å². The molecule has 1 unspecified atom stereocenters. The van der Waals surface area contributed by atoms with Gasteiger partial charge in [-0.1, -0.05) is 24.9 Å². The Hall–Kier alpha value is -1.06. The fourth-order valence-electron chi connectivity index (χ4n) is 1.78. The molecule has 0 bridgehead atoms. The fourth-order valence-corrected chi connectivity index (χ4v) is 1.95.